The number of carbonyl (C=O) groups is 1. The number of benzene rings is 1. The summed E-state index contributed by atoms with van der Waals surface area (Å²) < 4.78 is 25.0. The van der Waals surface area contributed by atoms with Crippen LogP contribution in [0.25, 0.3) is 0 Å². The standard InChI is InChI=1S/C19H26N4O3S/c1-13(14-5-7-16(8-6-14)27(4,25)26)23(3)19(24)18-11-20-10-17(18)15-9-21-22(2)12-15/h5-9,12-13,17-18,20H,10-11H2,1-4H3/t13?,17-,18+/m1/s1. The van der Waals surface area contributed by atoms with E-state index in [9.17, 15) is 13.2 Å². The van der Waals surface area contributed by atoms with Crippen LogP contribution in [0.2, 0.25) is 0 Å². The van der Waals surface area contributed by atoms with Gasteiger partial charge in [-0.1, -0.05) is 12.1 Å². The molecular formula is C19H26N4O3S. The van der Waals surface area contributed by atoms with Crippen LogP contribution in [0.15, 0.2) is 41.6 Å². The van der Waals surface area contributed by atoms with Gasteiger partial charge in [-0.3, -0.25) is 9.48 Å². The number of amides is 1. The summed E-state index contributed by atoms with van der Waals surface area (Å²) in [6, 6.07) is 6.58. The van der Waals surface area contributed by atoms with Crippen molar-refractivity contribution in [1.29, 1.82) is 0 Å². The second kappa shape index (κ2) is 7.44. The minimum absolute atomic E-state index is 0.0774. The third kappa shape index (κ3) is 4.06. The Hall–Kier alpha value is -2.19. The number of aromatic nitrogens is 2. The van der Waals surface area contributed by atoms with Gasteiger partial charge in [-0.25, -0.2) is 8.42 Å². The van der Waals surface area contributed by atoms with Gasteiger partial charge in [0, 0.05) is 45.6 Å². The number of nitrogens with zero attached hydrogens (tertiary/aromatic N) is 3. The maximum absolute atomic E-state index is 13.1. The molecule has 1 aromatic carbocycles. The van der Waals surface area contributed by atoms with Crippen molar-refractivity contribution in [3.8, 4) is 0 Å². The minimum Gasteiger partial charge on any atom is -0.339 e. The van der Waals surface area contributed by atoms with Crippen LogP contribution >= 0.6 is 0 Å². The number of hydrogen-bond donors (Lipinski definition) is 1. The van der Waals surface area contributed by atoms with Gasteiger partial charge in [0.25, 0.3) is 0 Å². The second-order valence-corrected chi connectivity index (χ2v) is 9.30. The minimum atomic E-state index is -3.23. The highest BCUT2D eigenvalue weighted by Gasteiger charge is 2.37. The molecule has 1 fully saturated rings. The number of hydrogen-bond acceptors (Lipinski definition) is 5. The number of aryl methyl sites for hydroxylation is 1. The summed E-state index contributed by atoms with van der Waals surface area (Å²) in [7, 11) is 0.446. The van der Waals surface area contributed by atoms with Gasteiger partial charge < -0.3 is 10.2 Å². The van der Waals surface area contributed by atoms with Crippen LogP contribution in [0.5, 0.6) is 0 Å². The van der Waals surface area contributed by atoms with E-state index in [1.807, 2.05) is 26.4 Å². The maximum Gasteiger partial charge on any atom is 0.227 e. The third-order valence-electron chi connectivity index (χ3n) is 5.40. The van der Waals surface area contributed by atoms with Gasteiger partial charge >= 0.3 is 0 Å². The first kappa shape index (κ1) is 19.6. The quantitative estimate of drug-likeness (QED) is 0.833. The number of carbonyl (C=O) groups excluding carboxylic acids is 1. The first-order chi connectivity index (χ1) is 12.7. The highest BCUT2D eigenvalue weighted by molar-refractivity contribution is 7.90. The van der Waals surface area contributed by atoms with Crippen molar-refractivity contribution in [1.82, 2.24) is 20.0 Å². The van der Waals surface area contributed by atoms with Gasteiger partial charge in [0.1, 0.15) is 0 Å². The topological polar surface area (TPSA) is 84.3 Å². The van der Waals surface area contributed by atoms with E-state index in [1.165, 1.54) is 6.26 Å². The number of sulfone groups is 1. The van der Waals surface area contributed by atoms with Gasteiger partial charge in [-0.2, -0.15) is 5.10 Å². The van der Waals surface area contributed by atoms with Gasteiger partial charge in [-0.05, 0) is 30.2 Å². The first-order valence-corrected chi connectivity index (χ1v) is 10.8. The normalized spacial score (nSPS) is 21.2. The molecule has 146 valence electrons. The van der Waals surface area contributed by atoms with Crippen LogP contribution in [0.3, 0.4) is 0 Å². The fourth-order valence-electron chi connectivity index (χ4n) is 3.59. The molecule has 2 heterocycles. The van der Waals surface area contributed by atoms with Gasteiger partial charge in [-0.15, -0.1) is 0 Å². The smallest absolute Gasteiger partial charge is 0.227 e. The predicted octanol–water partition coefficient (Wildman–Crippen LogP) is 1.35. The Bertz CT molecular complexity index is 921. The Morgan fingerprint density at radius 3 is 2.52 bits per heavy atom. The summed E-state index contributed by atoms with van der Waals surface area (Å²) in [5.41, 5.74) is 1.97. The lowest BCUT2D eigenvalue weighted by Crippen LogP contribution is -2.37. The fraction of sp³-hybridized carbons (Fsp3) is 0.474. The van der Waals surface area contributed by atoms with Crippen LogP contribution in [0, 0.1) is 5.92 Å². The summed E-state index contributed by atoms with van der Waals surface area (Å²) in [6.07, 6.45) is 4.98. The van der Waals surface area contributed by atoms with Crippen molar-refractivity contribution in [3.63, 3.8) is 0 Å². The molecule has 0 saturated carbocycles. The van der Waals surface area contributed by atoms with Crippen molar-refractivity contribution in [2.24, 2.45) is 13.0 Å². The molecule has 0 bridgehead atoms. The highest BCUT2D eigenvalue weighted by atomic mass is 32.2. The summed E-state index contributed by atoms with van der Waals surface area (Å²) in [5.74, 6) is 0.0407. The molecule has 1 aliphatic rings. The fourth-order valence-corrected chi connectivity index (χ4v) is 4.22. The SMILES string of the molecule is CC(c1ccc(S(C)(=O)=O)cc1)N(C)C(=O)[C@H]1CNC[C@@H]1c1cnn(C)c1. The summed E-state index contributed by atoms with van der Waals surface area (Å²) in [6.45, 7) is 3.35. The molecular weight excluding hydrogens is 364 g/mol. The van der Waals surface area contributed by atoms with Gasteiger partial charge in [0.15, 0.2) is 9.84 Å². The van der Waals surface area contributed by atoms with Gasteiger partial charge in [0.05, 0.1) is 23.1 Å². The molecule has 1 saturated heterocycles. The van der Waals surface area contributed by atoms with Crippen molar-refractivity contribution in [3.05, 3.63) is 47.8 Å². The van der Waals surface area contributed by atoms with E-state index in [1.54, 1.807) is 40.9 Å². The molecule has 3 atom stereocenters. The second-order valence-electron chi connectivity index (χ2n) is 7.28. The lowest BCUT2D eigenvalue weighted by molar-refractivity contribution is -0.136. The molecule has 8 heteroatoms. The van der Waals surface area contributed by atoms with E-state index < -0.39 is 9.84 Å². The Morgan fingerprint density at radius 1 is 1.30 bits per heavy atom. The van der Waals surface area contributed by atoms with Crippen LogP contribution in [0.4, 0.5) is 0 Å². The molecule has 1 unspecified atom stereocenters. The Balaban J connectivity index is 1.76. The summed E-state index contributed by atoms with van der Waals surface area (Å²) >= 11 is 0. The van der Waals surface area contributed by atoms with Crippen LogP contribution in [0.1, 0.15) is 30.0 Å². The number of nitrogens with one attached hydrogen (secondary N) is 1. The van der Waals surface area contributed by atoms with E-state index in [4.69, 9.17) is 0 Å². The Labute approximate surface area is 160 Å². The van der Waals surface area contributed by atoms with E-state index >= 15 is 0 Å². The zero-order valence-electron chi connectivity index (χ0n) is 16.1. The average molecular weight is 391 g/mol. The molecule has 27 heavy (non-hydrogen) atoms. The summed E-state index contributed by atoms with van der Waals surface area (Å²) in [5, 5.41) is 7.54. The molecule has 1 N–H and O–H groups in total. The van der Waals surface area contributed by atoms with Crippen molar-refractivity contribution >= 4 is 15.7 Å². The molecule has 0 spiro atoms. The molecule has 1 amide bonds. The van der Waals surface area contributed by atoms with E-state index in [0.717, 1.165) is 17.7 Å². The molecule has 2 aromatic rings. The van der Waals surface area contributed by atoms with E-state index in [-0.39, 0.29) is 28.7 Å². The zero-order valence-corrected chi connectivity index (χ0v) is 16.9. The lowest BCUT2D eigenvalue weighted by Gasteiger charge is -2.29. The molecule has 7 nitrogen and oxygen atoms in total. The van der Waals surface area contributed by atoms with Gasteiger partial charge in [0.2, 0.25) is 5.91 Å². The molecule has 1 aliphatic heterocycles. The largest absolute Gasteiger partial charge is 0.339 e. The van der Waals surface area contributed by atoms with E-state index in [0.29, 0.717) is 6.54 Å². The van der Waals surface area contributed by atoms with Crippen LogP contribution in [-0.2, 0) is 21.7 Å². The van der Waals surface area contributed by atoms with Crippen LogP contribution < -0.4 is 5.32 Å². The van der Waals surface area contributed by atoms with Crippen molar-refractivity contribution < 1.29 is 13.2 Å². The third-order valence-corrected chi connectivity index (χ3v) is 6.53. The lowest BCUT2D eigenvalue weighted by atomic mass is 9.89. The number of rotatable bonds is 5. The van der Waals surface area contributed by atoms with Crippen molar-refractivity contribution in [2.75, 3.05) is 26.4 Å². The van der Waals surface area contributed by atoms with Crippen molar-refractivity contribution in [2.45, 2.75) is 23.8 Å². The molecule has 0 aliphatic carbocycles. The monoisotopic (exact) mass is 390 g/mol. The predicted molar refractivity (Wildman–Crippen MR) is 103 cm³/mol. The van der Waals surface area contributed by atoms with E-state index in [2.05, 4.69) is 10.4 Å². The molecule has 0 radical (unpaired) electrons. The molecule has 3 rings (SSSR count). The maximum atomic E-state index is 13.1. The molecule has 1 aromatic heterocycles. The summed E-state index contributed by atoms with van der Waals surface area (Å²) in [4.78, 5) is 15.2. The Kier molecular flexibility index (Phi) is 5.39. The van der Waals surface area contributed by atoms with Crippen LogP contribution in [-0.4, -0.2) is 55.4 Å². The first-order valence-electron chi connectivity index (χ1n) is 8.94. The average Bonchev–Trinajstić information content (AvgIpc) is 3.27. The highest BCUT2D eigenvalue weighted by Crippen LogP contribution is 2.31. The Morgan fingerprint density at radius 2 is 1.96 bits per heavy atom. The zero-order chi connectivity index (χ0) is 19.8.